The summed E-state index contributed by atoms with van der Waals surface area (Å²) in [7, 11) is 1.49. The highest BCUT2D eigenvalue weighted by Crippen LogP contribution is 2.39. The average Bonchev–Trinajstić information content (AvgIpc) is 3.12. The van der Waals surface area contributed by atoms with Crippen LogP contribution in [-0.2, 0) is 25.0 Å². The van der Waals surface area contributed by atoms with Gasteiger partial charge in [-0.15, -0.1) is 0 Å². The summed E-state index contributed by atoms with van der Waals surface area (Å²) in [4.78, 5) is 12.8. The number of alkyl halides is 5. The second-order valence-electron chi connectivity index (χ2n) is 9.39. The van der Waals surface area contributed by atoms with Gasteiger partial charge in [0.15, 0.2) is 5.69 Å². The van der Waals surface area contributed by atoms with E-state index >= 15 is 0 Å². The molecule has 14 heteroatoms. The van der Waals surface area contributed by atoms with E-state index in [1.165, 1.54) is 23.9 Å². The number of benzene rings is 1. The Labute approximate surface area is 225 Å². The zero-order chi connectivity index (χ0) is 28.6. The lowest BCUT2D eigenvalue weighted by Crippen LogP contribution is -2.31. The smallest absolute Gasteiger partial charge is 0.391 e. The van der Waals surface area contributed by atoms with Crippen LogP contribution in [-0.4, -0.2) is 43.4 Å². The van der Waals surface area contributed by atoms with Crippen molar-refractivity contribution in [2.75, 3.05) is 6.54 Å². The summed E-state index contributed by atoms with van der Waals surface area (Å²) >= 11 is 5.71. The minimum atomic E-state index is -4.42. The summed E-state index contributed by atoms with van der Waals surface area (Å²) < 4.78 is 87.6. The highest BCUT2D eigenvalue weighted by molar-refractivity contribution is 7.51. The first-order chi connectivity index (χ1) is 17.8. The average molecular weight is 586 g/mol. The van der Waals surface area contributed by atoms with Gasteiger partial charge in [-0.3, -0.25) is 9.48 Å². The van der Waals surface area contributed by atoms with E-state index in [0.29, 0.717) is 18.4 Å². The topological polar surface area (TPSA) is 90.3 Å². The number of rotatable bonds is 8. The first kappa shape index (κ1) is 31.7. The zero-order valence-corrected chi connectivity index (χ0v) is 22.6. The van der Waals surface area contributed by atoms with E-state index < -0.39 is 42.6 Å². The van der Waals surface area contributed by atoms with E-state index in [1.54, 1.807) is 0 Å². The van der Waals surface area contributed by atoms with Crippen LogP contribution in [0.25, 0.3) is 11.3 Å². The van der Waals surface area contributed by atoms with Gasteiger partial charge in [0.25, 0.3) is 5.91 Å². The molecular formula is C24H29ClF5N3O4S. The van der Waals surface area contributed by atoms with Crippen LogP contribution in [0.2, 0.25) is 5.02 Å². The number of carbonyl (C=O) groups is 1. The molecule has 0 aliphatic heterocycles. The number of hydrogen-bond acceptors (Lipinski definition) is 5. The standard InChI is InChI=1S/C24H29ClF5N3O2.O2S/c1-13-4-6-15(7-5-13)12-31-22(34)20-19(25)21(33(3)32-20)17-9-8-16(10-14(2)24(28,29)30)11-18(17)35-23(26)27;1-3-2/h8-9,11,13-15,23H,4-7,10,12H2,1-3H3,(H,31,34);/t13?,14-,15?;/m1./s1. The first-order valence-electron chi connectivity index (χ1n) is 11.9. The van der Waals surface area contributed by atoms with Crippen molar-refractivity contribution < 1.29 is 39.9 Å². The third-order valence-electron chi connectivity index (χ3n) is 6.51. The summed E-state index contributed by atoms with van der Waals surface area (Å²) in [6.07, 6.45) is -0.562. The molecule has 1 heterocycles. The maximum absolute atomic E-state index is 13.1. The second kappa shape index (κ2) is 14.0. The second-order valence-corrected chi connectivity index (χ2v) is 9.91. The molecular weight excluding hydrogens is 557 g/mol. The van der Waals surface area contributed by atoms with Gasteiger partial charge < -0.3 is 10.1 Å². The van der Waals surface area contributed by atoms with E-state index in [2.05, 4.69) is 22.1 Å². The molecule has 2 aromatic rings. The normalized spacial score (nSPS) is 18.4. The fourth-order valence-electron chi connectivity index (χ4n) is 4.34. The summed E-state index contributed by atoms with van der Waals surface area (Å²) in [5.74, 6) is -1.45. The highest BCUT2D eigenvalue weighted by Gasteiger charge is 2.36. The Balaban J connectivity index is 0.00000161. The van der Waals surface area contributed by atoms with Gasteiger partial charge in [0.2, 0.25) is 0 Å². The molecule has 38 heavy (non-hydrogen) atoms. The van der Waals surface area contributed by atoms with E-state index in [4.69, 9.17) is 20.0 Å². The third kappa shape index (κ3) is 8.75. The highest BCUT2D eigenvalue weighted by atomic mass is 35.5. The van der Waals surface area contributed by atoms with Gasteiger partial charge >= 0.3 is 24.4 Å². The zero-order valence-electron chi connectivity index (χ0n) is 21.0. The Hall–Kier alpha value is -2.54. The maximum Gasteiger partial charge on any atom is 0.391 e. The molecule has 1 aromatic heterocycles. The fraction of sp³-hybridized carbons (Fsp3) is 0.583. The number of halogens is 6. The predicted molar refractivity (Wildman–Crippen MR) is 132 cm³/mol. The van der Waals surface area contributed by atoms with Crippen molar-refractivity contribution in [3.63, 3.8) is 0 Å². The van der Waals surface area contributed by atoms with E-state index in [-0.39, 0.29) is 33.3 Å². The van der Waals surface area contributed by atoms with Crippen LogP contribution >= 0.6 is 11.6 Å². The molecule has 1 amide bonds. The fourth-order valence-corrected chi connectivity index (χ4v) is 4.69. The van der Waals surface area contributed by atoms with Crippen LogP contribution in [0.4, 0.5) is 22.0 Å². The Morgan fingerprint density at radius 2 is 1.84 bits per heavy atom. The van der Waals surface area contributed by atoms with Gasteiger partial charge in [0.05, 0.1) is 16.6 Å². The van der Waals surface area contributed by atoms with Crippen LogP contribution in [0.15, 0.2) is 18.2 Å². The number of ether oxygens (including phenoxy) is 1. The van der Waals surface area contributed by atoms with E-state index in [9.17, 15) is 26.7 Å². The molecule has 212 valence electrons. The molecule has 1 aliphatic carbocycles. The van der Waals surface area contributed by atoms with Gasteiger partial charge in [-0.25, -0.2) is 0 Å². The lowest BCUT2D eigenvalue weighted by molar-refractivity contribution is -0.169. The van der Waals surface area contributed by atoms with Crippen molar-refractivity contribution >= 4 is 29.1 Å². The lowest BCUT2D eigenvalue weighted by atomic mass is 9.83. The Morgan fingerprint density at radius 1 is 1.24 bits per heavy atom. The number of nitrogens with one attached hydrogen (secondary N) is 1. The minimum absolute atomic E-state index is 0.0576. The van der Waals surface area contributed by atoms with Crippen molar-refractivity contribution in [3.8, 4) is 17.0 Å². The van der Waals surface area contributed by atoms with Crippen LogP contribution in [0.5, 0.6) is 5.75 Å². The van der Waals surface area contributed by atoms with Crippen LogP contribution in [0.1, 0.15) is 55.6 Å². The monoisotopic (exact) mass is 585 g/mol. The Bertz CT molecular complexity index is 1130. The number of amides is 1. The molecule has 1 saturated carbocycles. The number of aromatic nitrogens is 2. The number of hydrogen-bond donors (Lipinski definition) is 1. The van der Waals surface area contributed by atoms with Crippen LogP contribution in [0, 0.1) is 17.8 Å². The summed E-state index contributed by atoms with van der Waals surface area (Å²) in [6.45, 7) is 0.495. The molecule has 0 unspecified atom stereocenters. The van der Waals surface area contributed by atoms with Crippen molar-refractivity contribution in [2.45, 2.75) is 58.7 Å². The molecule has 0 saturated heterocycles. The molecule has 0 radical (unpaired) electrons. The molecule has 0 bridgehead atoms. The molecule has 7 nitrogen and oxygen atoms in total. The third-order valence-corrected chi connectivity index (χ3v) is 6.87. The Kier molecular flexibility index (Phi) is 11.7. The predicted octanol–water partition coefficient (Wildman–Crippen LogP) is 5.97. The van der Waals surface area contributed by atoms with Crippen molar-refractivity contribution in [1.82, 2.24) is 15.1 Å². The molecule has 1 atom stereocenters. The van der Waals surface area contributed by atoms with Gasteiger partial charge in [0.1, 0.15) is 5.75 Å². The van der Waals surface area contributed by atoms with Crippen molar-refractivity contribution in [2.24, 2.45) is 24.8 Å². The number of aryl methyl sites for hydroxylation is 1. The summed E-state index contributed by atoms with van der Waals surface area (Å²) in [6, 6.07) is 3.88. The van der Waals surface area contributed by atoms with Crippen LogP contribution in [0.3, 0.4) is 0 Å². The molecule has 1 aliphatic rings. The van der Waals surface area contributed by atoms with Crippen molar-refractivity contribution in [3.05, 3.63) is 34.5 Å². The Morgan fingerprint density at radius 3 is 2.39 bits per heavy atom. The van der Waals surface area contributed by atoms with Gasteiger partial charge in [-0.2, -0.15) is 35.5 Å². The molecule has 1 N–H and O–H groups in total. The van der Waals surface area contributed by atoms with Crippen molar-refractivity contribution in [1.29, 1.82) is 0 Å². The van der Waals surface area contributed by atoms with E-state index in [0.717, 1.165) is 38.7 Å². The largest absolute Gasteiger partial charge is 0.434 e. The van der Waals surface area contributed by atoms with E-state index in [1.807, 2.05) is 0 Å². The molecule has 1 aromatic carbocycles. The van der Waals surface area contributed by atoms with Crippen LogP contribution < -0.4 is 10.1 Å². The summed E-state index contributed by atoms with van der Waals surface area (Å²) in [5, 5.41) is 6.96. The molecule has 3 rings (SSSR count). The van der Waals surface area contributed by atoms with Gasteiger partial charge in [0, 0.05) is 19.2 Å². The molecule has 1 fully saturated rings. The molecule has 0 spiro atoms. The summed E-state index contributed by atoms with van der Waals surface area (Å²) in [5.41, 5.74) is 0.349. The van der Waals surface area contributed by atoms with Gasteiger partial charge in [-0.05, 0) is 48.8 Å². The SMILES string of the molecule is CC1CCC(CNC(=O)c2nn(C)c(-c3ccc(C[C@@H](C)C(F)(F)F)cc3OC(F)F)c2Cl)CC1.O=S=O. The minimum Gasteiger partial charge on any atom is -0.434 e. The maximum atomic E-state index is 13.1. The quantitative estimate of drug-likeness (QED) is 0.386. The number of nitrogens with zero attached hydrogens (tertiary/aromatic N) is 2. The van der Waals surface area contributed by atoms with Gasteiger partial charge in [-0.1, -0.05) is 44.4 Å². The first-order valence-corrected chi connectivity index (χ1v) is 12.9. The number of carbonyl (C=O) groups excluding carboxylic acids is 1. The lowest BCUT2D eigenvalue weighted by Gasteiger charge is -2.26.